The van der Waals surface area contributed by atoms with Crippen molar-refractivity contribution in [3.63, 3.8) is 0 Å². The van der Waals surface area contributed by atoms with Crippen molar-refractivity contribution in [2.75, 3.05) is 12.8 Å². The van der Waals surface area contributed by atoms with Gasteiger partial charge in [-0.1, -0.05) is 34.1 Å². The molecule has 1 heterocycles. The maximum atomic E-state index is 12.5. The number of hydrogen-bond acceptors (Lipinski definition) is 3. The molecule has 1 aliphatic heterocycles. The zero-order valence-corrected chi connectivity index (χ0v) is 14.3. The molecule has 0 aromatic carbocycles. The smallest absolute Gasteiger partial charge is 0.241 e. The van der Waals surface area contributed by atoms with Crippen molar-refractivity contribution in [2.45, 2.75) is 70.8 Å². The highest BCUT2D eigenvalue weighted by Gasteiger charge is 2.38. The predicted octanol–water partition coefficient (Wildman–Crippen LogP) is 2.12. The van der Waals surface area contributed by atoms with Crippen LogP contribution in [0.5, 0.6) is 0 Å². The highest BCUT2D eigenvalue weighted by atomic mass is 32.2. The first-order chi connectivity index (χ1) is 9.36. The van der Waals surface area contributed by atoms with Crippen LogP contribution in [0.3, 0.4) is 0 Å². The third-order valence-corrected chi connectivity index (χ3v) is 5.33. The Hall–Kier alpha value is -0.420. The van der Waals surface area contributed by atoms with Gasteiger partial charge in [-0.2, -0.15) is 0 Å². The van der Waals surface area contributed by atoms with Gasteiger partial charge in [0.2, 0.25) is 5.91 Å². The van der Waals surface area contributed by atoms with E-state index in [4.69, 9.17) is 0 Å². The summed E-state index contributed by atoms with van der Waals surface area (Å²) in [6, 6.07) is -0.0334. The van der Waals surface area contributed by atoms with Gasteiger partial charge in [0.15, 0.2) is 0 Å². The average molecular weight is 302 g/mol. The van der Waals surface area contributed by atoms with Crippen molar-refractivity contribution in [1.82, 2.24) is 10.2 Å². The fourth-order valence-corrected chi connectivity index (χ4v) is 3.09. The first-order valence-electron chi connectivity index (χ1n) is 7.75. The molecule has 0 spiro atoms. The van der Waals surface area contributed by atoms with Crippen LogP contribution in [-0.4, -0.2) is 45.3 Å². The molecule has 5 heteroatoms. The van der Waals surface area contributed by atoms with Gasteiger partial charge in [0.25, 0.3) is 0 Å². The molecule has 0 bridgehead atoms. The zero-order chi connectivity index (χ0) is 15.3. The van der Waals surface area contributed by atoms with Gasteiger partial charge in [0, 0.05) is 28.9 Å². The topological polar surface area (TPSA) is 49.4 Å². The van der Waals surface area contributed by atoms with E-state index in [1.54, 1.807) is 6.26 Å². The Morgan fingerprint density at radius 1 is 1.35 bits per heavy atom. The molecule has 20 heavy (non-hydrogen) atoms. The van der Waals surface area contributed by atoms with Crippen LogP contribution in [0.1, 0.15) is 53.4 Å². The third-order valence-electron chi connectivity index (χ3n) is 3.96. The van der Waals surface area contributed by atoms with E-state index in [0.29, 0.717) is 12.5 Å². The molecular weight excluding hydrogens is 272 g/mol. The minimum atomic E-state index is -0.813. The molecule has 0 aromatic heterocycles. The molecule has 1 saturated heterocycles. The van der Waals surface area contributed by atoms with Crippen molar-refractivity contribution in [3.8, 4) is 0 Å². The molecule has 118 valence electrons. The quantitative estimate of drug-likeness (QED) is 0.747. The molecule has 4 unspecified atom stereocenters. The second-order valence-electron chi connectivity index (χ2n) is 6.28. The molecule has 1 fully saturated rings. The molecule has 0 saturated carbocycles. The van der Waals surface area contributed by atoms with E-state index in [9.17, 15) is 9.00 Å². The Balaban J connectivity index is 2.64. The van der Waals surface area contributed by atoms with Crippen LogP contribution in [0.2, 0.25) is 0 Å². The summed E-state index contributed by atoms with van der Waals surface area (Å²) in [5.74, 6) is 0.743. The highest BCUT2D eigenvalue weighted by Crippen LogP contribution is 2.20. The van der Waals surface area contributed by atoms with Crippen LogP contribution in [0.4, 0.5) is 0 Å². The van der Waals surface area contributed by atoms with Gasteiger partial charge < -0.3 is 4.90 Å². The van der Waals surface area contributed by atoms with E-state index in [1.165, 1.54) is 0 Å². The fourth-order valence-electron chi connectivity index (χ4n) is 2.65. The largest absolute Gasteiger partial charge is 0.326 e. The lowest BCUT2D eigenvalue weighted by molar-refractivity contribution is -0.130. The van der Waals surface area contributed by atoms with E-state index in [-0.39, 0.29) is 23.4 Å². The summed E-state index contributed by atoms with van der Waals surface area (Å²) in [7, 11) is -0.813. The second-order valence-corrected chi connectivity index (χ2v) is 8.08. The summed E-state index contributed by atoms with van der Waals surface area (Å²) in [6.07, 6.45) is 5.65. The van der Waals surface area contributed by atoms with Crippen molar-refractivity contribution < 1.29 is 9.00 Å². The molecule has 1 N–H and O–H groups in total. The molecule has 4 atom stereocenters. The lowest BCUT2D eigenvalue weighted by Gasteiger charge is -2.24. The van der Waals surface area contributed by atoms with Crippen LogP contribution >= 0.6 is 0 Å². The predicted molar refractivity (Wildman–Crippen MR) is 84.9 cm³/mol. The summed E-state index contributed by atoms with van der Waals surface area (Å²) in [5.41, 5.74) is 0. The molecule has 1 aliphatic rings. The van der Waals surface area contributed by atoms with Crippen LogP contribution in [-0.2, 0) is 15.6 Å². The Morgan fingerprint density at radius 3 is 2.50 bits per heavy atom. The van der Waals surface area contributed by atoms with Crippen LogP contribution in [0, 0.1) is 5.92 Å². The lowest BCUT2D eigenvalue weighted by atomic mass is 10.0. The molecule has 0 aliphatic carbocycles. The van der Waals surface area contributed by atoms with E-state index >= 15 is 0 Å². The first kappa shape index (κ1) is 17.6. The van der Waals surface area contributed by atoms with Gasteiger partial charge >= 0.3 is 0 Å². The summed E-state index contributed by atoms with van der Waals surface area (Å²) >= 11 is 0. The number of rotatable bonds is 8. The zero-order valence-electron chi connectivity index (χ0n) is 13.5. The molecule has 0 radical (unpaired) electrons. The molecule has 4 nitrogen and oxygen atoms in total. The molecule has 1 rings (SSSR count). The number of carbonyl (C=O) groups excluding carboxylic acids is 1. The second kappa shape index (κ2) is 8.13. The van der Waals surface area contributed by atoms with E-state index in [0.717, 1.165) is 25.7 Å². The fraction of sp³-hybridized carbons (Fsp3) is 0.933. The average Bonchev–Trinajstić information content (AvgIpc) is 2.63. The Bertz CT molecular complexity index is 347. The van der Waals surface area contributed by atoms with Gasteiger partial charge in [-0.25, -0.2) is 0 Å². The van der Waals surface area contributed by atoms with E-state index in [1.807, 2.05) is 11.8 Å². The molecule has 1 amide bonds. The number of nitrogens with one attached hydrogen (secondary N) is 1. The summed E-state index contributed by atoms with van der Waals surface area (Å²) in [4.78, 5) is 14.5. The molecule has 0 aromatic rings. The van der Waals surface area contributed by atoms with Crippen molar-refractivity contribution >= 4 is 16.7 Å². The first-order valence-corrected chi connectivity index (χ1v) is 9.37. The maximum absolute atomic E-state index is 12.5. The number of carbonyl (C=O) groups is 1. The number of hydrogen-bond donors (Lipinski definition) is 1. The monoisotopic (exact) mass is 302 g/mol. The van der Waals surface area contributed by atoms with Gasteiger partial charge in [0.05, 0.1) is 12.2 Å². The Morgan fingerprint density at radius 2 is 2.00 bits per heavy atom. The summed E-state index contributed by atoms with van der Waals surface area (Å²) in [6.45, 7) is 9.14. The van der Waals surface area contributed by atoms with Crippen LogP contribution < -0.4 is 5.32 Å². The highest BCUT2D eigenvalue weighted by molar-refractivity contribution is 7.84. The Kier molecular flexibility index (Phi) is 7.17. The number of amides is 1. The third kappa shape index (κ3) is 4.85. The van der Waals surface area contributed by atoms with Crippen LogP contribution in [0.25, 0.3) is 0 Å². The minimum Gasteiger partial charge on any atom is -0.326 e. The lowest BCUT2D eigenvalue weighted by Crippen LogP contribution is -2.39. The Labute approximate surface area is 126 Å². The summed E-state index contributed by atoms with van der Waals surface area (Å²) in [5, 5.41) is 3.62. The van der Waals surface area contributed by atoms with Crippen molar-refractivity contribution in [3.05, 3.63) is 0 Å². The van der Waals surface area contributed by atoms with Gasteiger partial charge in [0.1, 0.15) is 0 Å². The minimum absolute atomic E-state index is 0.0334. The number of nitrogens with zero attached hydrogens (tertiary/aromatic N) is 1. The van der Waals surface area contributed by atoms with E-state index in [2.05, 4.69) is 26.1 Å². The van der Waals surface area contributed by atoms with E-state index < -0.39 is 10.8 Å². The van der Waals surface area contributed by atoms with Crippen LogP contribution in [0.15, 0.2) is 0 Å². The van der Waals surface area contributed by atoms with Gasteiger partial charge in [-0.15, -0.1) is 0 Å². The SMILES string of the molecule is CCCC1NC(CC(C)C)C(=O)N1CCC(C)S(C)=O. The normalized spacial score (nSPS) is 26.3. The summed E-state index contributed by atoms with van der Waals surface area (Å²) < 4.78 is 11.4. The van der Waals surface area contributed by atoms with Crippen molar-refractivity contribution in [2.24, 2.45) is 5.92 Å². The van der Waals surface area contributed by atoms with Gasteiger partial charge in [-0.3, -0.25) is 14.3 Å². The maximum Gasteiger partial charge on any atom is 0.241 e. The molecular formula is C15H30N2O2S. The van der Waals surface area contributed by atoms with Crippen molar-refractivity contribution in [1.29, 1.82) is 0 Å². The standard InChI is InChI=1S/C15H30N2O2S/c1-6-7-14-16-13(10-11(2)3)15(18)17(14)9-8-12(4)20(5)19/h11-14,16H,6-10H2,1-5H3. The van der Waals surface area contributed by atoms with Gasteiger partial charge in [-0.05, 0) is 25.2 Å².